The predicted octanol–water partition coefficient (Wildman–Crippen LogP) is 4.79. The lowest BCUT2D eigenvalue weighted by atomic mass is 9.85. The van der Waals surface area contributed by atoms with Crippen LogP contribution in [-0.4, -0.2) is 121 Å². The van der Waals surface area contributed by atoms with E-state index in [1.165, 1.54) is 6.07 Å². The predicted molar refractivity (Wildman–Crippen MR) is 179 cm³/mol. The van der Waals surface area contributed by atoms with Crippen molar-refractivity contribution in [3.05, 3.63) is 65.0 Å². The number of carbonyl (C=O) groups is 1. The van der Waals surface area contributed by atoms with Crippen molar-refractivity contribution >= 4 is 11.6 Å². The van der Waals surface area contributed by atoms with E-state index in [0.29, 0.717) is 68.5 Å². The maximum atomic E-state index is 17.8. The Morgan fingerprint density at radius 3 is 2.41 bits per heavy atom. The number of hydrogen-bond donors (Lipinski definition) is 1. The van der Waals surface area contributed by atoms with Crippen molar-refractivity contribution in [1.29, 1.82) is 0 Å². The molecule has 0 aliphatic carbocycles. The minimum atomic E-state index is -4.53. The van der Waals surface area contributed by atoms with Crippen molar-refractivity contribution in [3.8, 4) is 5.75 Å². The number of likely N-dealkylation sites (tertiary alicyclic amines) is 2. The molecule has 3 aromatic rings. The molecule has 51 heavy (non-hydrogen) atoms. The largest absolute Gasteiger partial charge is 0.497 e. The van der Waals surface area contributed by atoms with Gasteiger partial charge in [0, 0.05) is 95.0 Å². The first-order valence-electron chi connectivity index (χ1n) is 17.7. The number of aromatic nitrogens is 4. The Labute approximate surface area is 294 Å². The molecule has 4 saturated heterocycles. The average molecular weight is 716 g/mol. The molecule has 4 atom stereocenters. The molecule has 2 aromatic carbocycles. The van der Waals surface area contributed by atoms with Crippen LogP contribution in [-0.2, 0) is 20.4 Å². The van der Waals surface area contributed by atoms with Gasteiger partial charge in [-0.1, -0.05) is 23.4 Å². The van der Waals surface area contributed by atoms with Gasteiger partial charge in [0.25, 0.3) is 5.91 Å². The lowest BCUT2D eigenvalue weighted by Gasteiger charge is -2.35. The first-order chi connectivity index (χ1) is 24.6. The Bertz CT molecular complexity index is 1630. The van der Waals surface area contributed by atoms with Gasteiger partial charge in [0.2, 0.25) is 5.67 Å². The number of rotatable bonds is 9. The lowest BCUT2D eigenvalue weighted by Crippen LogP contribution is -2.50. The van der Waals surface area contributed by atoms with Crippen molar-refractivity contribution in [2.24, 2.45) is 5.92 Å². The highest BCUT2D eigenvalue weighted by atomic mass is 19.4. The molecular formula is C36H45F4N7O4. The summed E-state index contributed by atoms with van der Waals surface area (Å²) < 4.78 is 76.5. The van der Waals surface area contributed by atoms with Crippen LogP contribution in [0.5, 0.6) is 5.75 Å². The third-order valence-electron chi connectivity index (χ3n) is 11.4. The molecule has 4 aliphatic rings. The summed E-state index contributed by atoms with van der Waals surface area (Å²) in [6.07, 6.45) is -1.70. The Morgan fingerprint density at radius 2 is 1.76 bits per heavy atom. The van der Waals surface area contributed by atoms with E-state index in [-0.39, 0.29) is 50.0 Å². The second-order valence-electron chi connectivity index (χ2n) is 14.3. The van der Waals surface area contributed by atoms with E-state index in [0.717, 1.165) is 24.5 Å². The molecule has 5 heterocycles. The molecular weight excluding hydrogens is 670 g/mol. The lowest BCUT2D eigenvalue weighted by molar-refractivity contribution is -0.143. The SMILES string of the molecule is COC[C@H]1CN(C(=O)[C@]2(F)CN(C3CCOCC3)C[C@H]2c2ccc(OC)cc2)C[C@@H]1c1ccc(C(F)(F)F)cc1N1CCC(c2nn[nH]n2)CC1. The number of nitrogens with zero attached hydrogens (tertiary/aromatic N) is 6. The van der Waals surface area contributed by atoms with Gasteiger partial charge in [-0.05, 0) is 61.1 Å². The van der Waals surface area contributed by atoms with Crippen LogP contribution in [0.1, 0.15) is 66.0 Å². The number of benzene rings is 2. The molecule has 4 fully saturated rings. The van der Waals surface area contributed by atoms with Crippen molar-refractivity contribution in [2.45, 2.75) is 61.3 Å². The summed E-state index contributed by atoms with van der Waals surface area (Å²) in [7, 11) is 3.14. The van der Waals surface area contributed by atoms with Gasteiger partial charge in [-0.25, -0.2) is 4.39 Å². The van der Waals surface area contributed by atoms with Crippen LogP contribution in [0.15, 0.2) is 42.5 Å². The first kappa shape index (κ1) is 35.6. The van der Waals surface area contributed by atoms with E-state index in [2.05, 4.69) is 25.5 Å². The summed E-state index contributed by atoms with van der Waals surface area (Å²) in [5.74, 6) is -0.623. The number of halogens is 4. The fourth-order valence-electron chi connectivity index (χ4n) is 8.66. The minimum absolute atomic E-state index is 0.0375. The number of ether oxygens (including phenoxy) is 3. The molecule has 1 aromatic heterocycles. The van der Waals surface area contributed by atoms with Crippen LogP contribution in [0.25, 0.3) is 0 Å². The topological polar surface area (TPSA) is 109 Å². The van der Waals surface area contributed by atoms with Crippen LogP contribution in [0, 0.1) is 5.92 Å². The highest BCUT2D eigenvalue weighted by Crippen LogP contribution is 2.47. The quantitative estimate of drug-likeness (QED) is 0.313. The molecule has 15 heteroatoms. The number of amides is 1. The maximum absolute atomic E-state index is 17.8. The average Bonchev–Trinajstić information content (AvgIpc) is 3.92. The van der Waals surface area contributed by atoms with Gasteiger partial charge in [-0.3, -0.25) is 9.69 Å². The Hall–Kier alpha value is -3.82. The standard InChI is InChI=1S/C36H45F4N7O4/c1-49-21-25-18-46(34(48)35(37)22-47(27-11-15-51-16-12-27)20-31(35)23-3-6-28(50-2)7-4-23)19-30(25)29-8-5-26(36(38,39)40)17-32(29)45-13-9-24(10-14-45)33-41-43-44-42-33/h3-8,17,24-25,27,30-31H,9-16,18-22H2,1-2H3,(H,41,42,43,44)/t25-,30+,31+,35+/m1/s1. The Morgan fingerprint density at radius 1 is 1.02 bits per heavy atom. The van der Waals surface area contributed by atoms with E-state index in [9.17, 15) is 18.0 Å². The van der Waals surface area contributed by atoms with Gasteiger partial charge >= 0.3 is 6.18 Å². The molecule has 4 aliphatic heterocycles. The van der Waals surface area contributed by atoms with E-state index in [4.69, 9.17) is 14.2 Å². The highest BCUT2D eigenvalue weighted by Gasteiger charge is 2.57. The van der Waals surface area contributed by atoms with E-state index < -0.39 is 29.2 Å². The number of piperidine rings is 1. The summed E-state index contributed by atoms with van der Waals surface area (Å²) in [5.41, 5.74) is -1.04. The summed E-state index contributed by atoms with van der Waals surface area (Å²) in [4.78, 5) is 20.3. The molecule has 0 unspecified atom stereocenters. The third-order valence-corrected chi connectivity index (χ3v) is 11.4. The number of hydrogen-bond acceptors (Lipinski definition) is 9. The van der Waals surface area contributed by atoms with Gasteiger partial charge in [0.1, 0.15) is 5.75 Å². The van der Waals surface area contributed by atoms with Crippen LogP contribution >= 0.6 is 0 Å². The number of methoxy groups -OCH3 is 2. The van der Waals surface area contributed by atoms with Gasteiger partial charge in [-0.15, -0.1) is 10.2 Å². The minimum Gasteiger partial charge on any atom is -0.497 e. The van der Waals surface area contributed by atoms with Gasteiger partial charge in [-0.2, -0.15) is 18.4 Å². The van der Waals surface area contributed by atoms with Crippen molar-refractivity contribution in [1.82, 2.24) is 30.4 Å². The van der Waals surface area contributed by atoms with Crippen LogP contribution in [0.4, 0.5) is 23.2 Å². The molecule has 11 nitrogen and oxygen atoms in total. The molecule has 0 saturated carbocycles. The third kappa shape index (κ3) is 7.16. The Balaban J connectivity index is 1.18. The number of carbonyl (C=O) groups excluding carboxylic acids is 1. The summed E-state index contributed by atoms with van der Waals surface area (Å²) in [5, 5.41) is 14.4. The fraction of sp³-hybridized carbons (Fsp3) is 0.611. The number of alkyl halides is 4. The highest BCUT2D eigenvalue weighted by molar-refractivity contribution is 5.88. The second kappa shape index (κ2) is 14.7. The van der Waals surface area contributed by atoms with E-state index >= 15 is 4.39 Å². The van der Waals surface area contributed by atoms with Crippen molar-refractivity contribution in [2.75, 3.05) is 78.2 Å². The van der Waals surface area contributed by atoms with Crippen LogP contribution < -0.4 is 9.64 Å². The summed E-state index contributed by atoms with van der Waals surface area (Å²) in [6.45, 7) is 3.21. The fourth-order valence-corrected chi connectivity index (χ4v) is 8.66. The van der Waals surface area contributed by atoms with E-state index in [1.807, 2.05) is 17.0 Å². The van der Waals surface area contributed by atoms with Crippen molar-refractivity contribution < 1.29 is 36.6 Å². The zero-order chi connectivity index (χ0) is 35.8. The monoisotopic (exact) mass is 715 g/mol. The second-order valence-corrected chi connectivity index (χ2v) is 14.3. The molecule has 1 N–H and O–H groups in total. The van der Waals surface area contributed by atoms with Gasteiger partial charge in [0.05, 0.1) is 19.3 Å². The number of nitrogens with one attached hydrogen (secondary N) is 1. The zero-order valence-electron chi connectivity index (χ0n) is 28.9. The first-order valence-corrected chi connectivity index (χ1v) is 17.7. The van der Waals surface area contributed by atoms with Crippen LogP contribution in [0.2, 0.25) is 0 Å². The molecule has 0 radical (unpaired) electrons. The smallest absolute Gasteiger partial charge is 0.416 e. The molecule has 1 amide bonds. The zero-order valence-corrected chi connectivity index (χ0v) is 28.9. The number of tetrazole rings is 1. The van der Waals surface area contributed by atoms with Gasteiger partial charge < -0.3 is 24.0 Å². The molecule has 0 spiro atoms. The molecule has 0 bridgehead atoms. The van der Waals surface area contributed by atoms with Crippen LogP contribution in [0.3, 0.4) is 0 Å². The summed E-state index contributed by atoms with van der Waals surface area (Å²) in [6, 6.07) is 11.2. The maximum Gasteiger partial charge on any atom is 0.416 e. The van der Waals surface area contributed by atoms with Gasteiger partial charge in [0.15, 0.2) is 5.82 Å². The number of aromatic amines is 1. The summed E-state index contributed by atoms with van der Waals surface area (Å²) >= 11 is 0. The van der Waals surface area contributed by atoms with E-state index in [1.54, 1.807) is 37.3 Å². The normalized spacial score (nSPS) is 27.0. The molecule has 7 rings (SSSR count). The number of anilines is 1. The number of H-pyrrole nitrogens is 1. The van der Waals surface area contributed by atoms with Crippen molar-refractivity contribution in [3.63, 3.8) is 0 Å². The molecule has 276 valence electrons. The Kier molecular flexibility index (Phi) is 10.2.